The van der Waals surface area contributed by atoms with Crippen molar-refractivity contribution < 1.29 is 24.2 Å². The van der Waals surface area contributed by atoms with E-state index in [0.717, 1.165) is 22.3 Å². The van der Waals surface area contributed by atoms with Gasteiger partial charge in [-0.1, -0.05) is 61.5 Å². The molecule has 3 N–H and O–H groups in total. The molecule has 3 rings (SSSR count). The van der Waals surface area contributed by atoms with Gasteiger partial charge < -0.3 is 20.5 Å². The average molecular weight is 437 g/mol. The number of carboxylic acids is 1. The molecule has 0 spiro atoms. The molecular formula is C25H28N2O5. The smallest absolute Gasteiger partial charge is 0.407 e. The first-order valence-corrected chi connectivity index (χ1v) is 10.7. The van der Waals surface area contributed by atoms with Crippen LogP contribution in [0.2, 0.25) is 0 Å². The van der Waals surface area contributed by atoms with Crippen molar-refractivity contribution in [3.63, 3.8) is 0 Å². The molecule has 0 aromatic heterocycles. The lowest BCUT2D eigenvalue weighted by Crippen LogP contribution is -2.46. The Bertz CT molecular complexity index is 958. The van der Waals surface area contributed by atoms with Crippen molar-refractivity contribution in [2.24, 2.45) is 5.92 Å². The minimum Gasteiger partial charge on any atom is -0.480 e. The van der Waals surface area contributed by atoms with Crippen LogP contribution in [0.3, 0.4) is 0 Å². The van der Waals surface area contributed by atoms with Gasteiger partial charge >= 0.3 is 12.1 Å². The number of carbonyl (C=O) groups is 3. The number of ether oxygens (including phenoxy) is 1. The maximum atomic E-state index is 12.4. The maximum absolute atomic E-state index is 12.4. The normalized spacial score (nSPS) is 13.9. The van der Waals surface area contributed by atoms with E-state index in [9.17, 15) is 19.5 Å². The van der Waals surface area contributed by atoms with Crippen molar-refractivity contribution in [1.29, 1.82) is 0 Å². The number of fused-ring (bicyclic) bond motifs is 3. The number of hydrogen-bond donors (Lipinski definition) is 3. The van der Waals surface area contributed by atoms with E-state index < -0.39 is 29.9 Å². The SMILES string of the molecule is C=CCC(NC(=O)C(CC)CNC(=O)OCC1c2ccccc2-c2ccccc21)C(=O)O. The number of rotatable bonds is 10. The van der Waals surface area contributed by atoms with Crippen LogP contribution in [0.25, 0.3) is 11.1 Å². The summed E-state index contributed by atoms with van der Waals surface area (Å²) in [7, 11) is 0. The summed E-state index contributed by atoms with van der Waals surface area (Å²) in [6, 6.07) is 15.1. The van der Waals surface area contributed by atoms with Crippen LogP contribution in [-0.4, -0.2) is 42.3 Å². The Morgan fingerprint density at radius 1 is 1.09 bits per heavy atom. The first kappa shape index (κ1) is 23.1. The molecule has 2 atom stereocenters. The van der Waals surface area contributed by atoms with Gasteiger partial charge in [0.2, 0.25) is 5.91 Å². The van der Waals surface area contributed by atoms with E-state index in [1.54, 1.807) is 6.92 Å². The van der Waals surface area contributed by atoms with E-state index in [1.165, 1.54) is 6.08 Å². The fraction of sp³-hybridized carbons (Fsp3) is 0.320. The molecular weight excluding hydrogens is 408 g/mol. The topological polar surface area (TPSA) is 105 Å². The molecule has 0 saturated heterocycles. The summed E-state index contributed by atoms with van der Waals surface area (Å²) < 4.78 is 5.48. The quantitative estimate of drug-likeness (QED) is 0.493. The summed E-state index contributed by atoms with van der Waals surface area (Å²) in [6.45, 7) is 5.55. The molecule has 168 valence electrons. The maximum Gasteiger partial charge on any atom is 0.407 e. The molecule has 0 radical (unpaired) electrons. The predicted molar refractivity (Wildman–Crippen MR) is 121 cm³/mol. The lowest BCUT2D eigenvalue weighted by molar-refractivity contribution is -0.142. The van der Waals surface area contributed by atoms with E-state index >= 15 is 0 Å². The van der Waals surface area contributed by atoms with Crippen molar-refractivity contribution in [1.82, 2.24) is 10.6 Å². The Hall–Kier alpha value is -3.61. The highest BCUT2D eigenvalue weighted by Crippen LogP contribution is 2.44. The van der Waals surface area contributed by atoms with Crippen molar-refractivity contribution in [2.75, 3.05) is 13.2 Å². The van der Waals surface area contributed by atoms with Crippen LogP contribution < -0.4 is 10.6 Å². The molecule has 2 unspecified atom stereocenters. The summed E-state index contributed by atoms with van der Waals surface area (Å²) in [4.78, 5) is 36.0. The van der Waals surface area contributed by atoms with Gasteiger partial charge in [0.15, 0.2) is 0 Å². The number of carboxylic acid groups (broad SMARTS) is 1. The van der Waals surface area contributed by atoms with E-state index in [0.29, 0.717) is 6.42 Å². The van der Waals surface area contributed by atoms with Gasteiger partial charge in [0.05, 0.1) is 5.92 Å². The molecule has 0 fully saturated rings. The van der Waals surface area contributed by atoms with Crippen LogP contribution in [0.15, 0.2) is 61.2 Å². The highest BCUT2D eigenvalue weighted by atomic mass is 16.5. The molecule has 2 amide bonds. The second-order valence-electron chi connectivity index (χ2n) is 7.74. The minimum absolute atomic E-state index is 0.0475. The van der Waals surface area contributed by atoms with Crippen LogP contribution in [0.1, 0.15) is 36.8 Å². The largest absolute Gasteiger partial charge is 0.480 e. The number of aliphatic carboxylic acids is 1. The van der Waals surface area contributed by atoms with Gasteiger partial charge in [-0.2, -0.15) is 0 Å². The Kier molecular flexibility index (Phi) is 7.65. The molecule has 0 saturated carbocycles. The van der Waals surface area contributed by atoms with Gasteiger partial charge in [-0.05, 0) is 35.1 Å². The van der Waals surface area contributed by atoms with Gasteiger partial charge in [0.1, 0.15) is 12.6 Å². The third-order valence-corrected chi connectivity index (χ3v) is 5.72. The number of benzene rings is 2. The van der Waals surface area contributed by atoms with Gasteiger partial charge in [0, 0.05) is 12.5 Å². The van der Waals surface area contributed by atoms with Crippen molar-refractivity contribution >= 4 is 18.0 Å². The summed E-state index contributed by atoms with van der Waals surface area (Å²) in [5.74, 6) is -2.17. The van der Waals surface area contributed by atoms with Crippen LogP contribution >= 0.6 is 0 Å². The Balaban J connectivity index is 1.55. The van der Waals surface area contributed by atoms with E-state index in [1.807, 2.05) is 36.4 Å². The van der Waals surface area contributed by atoms with Gasteiger partial charge in [-0.3, -0.25) is 4.79 Å². The van der Waals surface area contributed by atoms with Gasteiger partial charge in [-0.15, -0.1) is 6.58 Å². The van der Waals surface area contributed by atoms with Crippen molar-refractivity contribution in [3.8, 4) is 11.1 Å². The van der Waals surface area contributed by atoms with Crippen LogP contribution in [0, 0.1) is 5.92 Å². The molecule has 0 bridgehead atoms. The summed E-state index contributed by atoms with van der Waals surface area (Å²) in [5.41, 5.74) is 4.53. The van der Waals surface area contributed by atoms with Crippen LogP contribution in [-0.2, 0) is 14.3 Å². The van der Waals surface area contributed by atoms with E-state index in [4.69, 9.17) is 4.74 Å². The van der Waals surface area contributed by atoms with E-state index in [2.05, 4.69) is 29.3 Å². The molecule has 2 aromatic rings. The summed E-state index contributed by atoms with van der Waals surface area (Å²) in [6.07, 6.45) is 1.39. The third kappa shape index (κ3) is 5.17. The molecule has 7 heteroatoms. The number of nitrogens with one attached hydrogen (secondary N) is 2. The fourth-order valence-corrected chi connectivity index (χ4v) is 3.96. The highest BCUT2D eigenvalue weighted by molar-refractivity contribution is 5.85. The summed E-state index contributed by atoms with van der Waals surface area (Å²) in [5, 5.41) is 14.3. The highest BCUT2D eigenvalue weighted by Gasteiger charge is 2.29. The number of hydrogen-bond acceptors (Lipinski definition) is 4. The fourth-order valence-electron chi connectivity index (χ4n) is 3.96. The Morgan fingerprint density at radius 3 is 2.22 bits per heavy atom. The molecule has 0 aliphatic heterocycles. The predicted octanol–water partition coefficient (Wildman–Crippen LogP) is 3.70. The molecule has 2 aromatic carbocycles. The molecule has 1 aliphatic carbocycles. The molecule has 7 nitrogen and oxygen atoms in total. The zero-order chi connectivity index (χ0) is 23.1. The summed E-state index contributed by atoms with van der Waals surface area (Å²) >= 11 is 0. The first-order chi connectivity index (χ1) is 15.5. The Morgan fingerprint density at radius 2 is 1.69 bits per heavy atom. The zero-order valence-corrected chi connectivity index (χ0v) is 18.0. The average Bonchev–Trinajstić information content (AvgIpc) is 3.11. The van der Waals surface area contributed by atoms with E-state index in [-0.39, 0.29) is 25.5 Å². The zero-order valence-electron chi connectivity index (χ0n) is 18.0. The number of carbonyl (C=O) groups excluding carboxylic acids is 2. The monoisotopic (exact) mass is 436 g/mol. The van der Waals surface area contributed by atoms with Gasteiger partial charge in [0.25, 0.3) is 0 Å². The first-order valence-electron chi connectivity index (χ1n) is 10.7. The standard InChI is InChI=1S/C25H28N2O5/c1-3-9-22(24(29)30)27-23(28)16(4-2)14-26-25(31)32-15-21-19-12-7-5-10-17(19)18-11-6-8-13-20(18)21/h3,5-8,10-13,16,21-22H,1,4,9,14-15H2,2H3,(H,26,31)(H,27,28)(H,29,30). The third-order valence-electron chi connectivity index (χ3n) is 5.72. The molecule has 32 heavy (non-hydrogen) atoms. The van der Waals surface area contributed by atoms with Crippen molar-refractivity contribution in [3.05, 3.63) is 72.3 Å². The second kappa shape index (κ2) is 10.6. The molecule has 0 heterocycles. The van der Waals surface area contributed by atoms with Crippen LogP contribution in [0.4, 0.5) is 4.79 Å². The number of alkyl carbamates (subject to hydrolysis) is 1. The lowest BCUT2D eigenvalue weighted by Gasteiger charge is -2.19. The van der Waals surface area contributed by atoms with Crippen LogP contribution in [0.5, 0.6) is 0 Å². The van der Waals surface area contributed by atoms with Gasteiger partial charge in [-0.25, -0.2) is 9.59 Å². The lowest BCUT2D eigenvalue weighted by atomic mass is 9.98. The molecule has 1 aliphatic rings. The minimum atomic E-state index is -1.13. The van der Waals surface area contributed by atoms with Crippen molar-refractivity contribution in [2.45, 2.75) is 31.7 Å². The Labute approximate surface area is 187 Å². The second-order valence-corrected chi connectivity index (χ2v) is 7.74. The number of amides is 2.